The molecule has 1 aliphatic heterocycles. The van der Waals surface area contributed by atoms with Crippen LogP contribution in [0, 0.1) is 11.3 Å². The van der Waals surface area contributed by atoms with E-state index in [1.807, 2.05) is 39.0 Å². The summed E-state index contributed by atoms with van der Waals surface area (Å²) in [5.74, 6) is 1.24. The Morgan fingerprint density at radius 3 is 2.20 bits per heavy atom. The van der Waals surface area contributed by atoms with E-state index in [9.17, 15) is 4.79 Å². The van der Waals surface area contributed by atoms with E-state index in [1.165, 1.54) is 5.57 Å². The summed E-state index contributed by atoms with van der Waals surface area (Å²) in [7, 11) is -2.11. The van der Waals surface area contributed by atoms with Crippen LogP contribution in [0.25, 0.3) is 0 Å². The lowest BCUT2D eigenvalue weighted by Crippen LogP contribution is -2.52. The van der Waals surface area contributed by atoms with Crippen LogP contribution in [-0.4, -0.2) is 38.1 Å². The van der Waals surface area contributed by atoms with Gasteiger partial charge in [-0.15, -0.1) is 0 Å². The second kappa shape index (κ2) is 12.9. The first-order valence-electron chi connectivity index (χ1n) is 15.4. The van der Waals surface area contributed by atoms with Crippen molar-refractivity contribution in [1.82, 2.24) is 4.90 Å². The fourth-order valence-electron chi connectivity index (χ4n) is 7.43. The van der Waals surface area contributed by atoms with Crippen LogP contribution in [0.15, 0.2) is 53.9 Å². The SMILES string of the molecule is C=C1N(C(=O)OC(C)(C)C)CCC[C@@]12CCC(O[Si](C(C)C)(C(C)C)C(C)C)=C(C)[C@H]2COCc1ccccc1. The molecule has 40 heavy (non-hydrogen) atoms. The molecule has 3 rings (SSSR count). The maximum Gasteiger partial charge on any atom is 0.414 e. The van der Waals surface area contributed by atoms with Gasteiger partial charge in [0.05, 0.1) is 19.0 Å². The number of benzene rings is 1. The Labute approximate surface area is 245 Å². The monoisotopic (exact) mass is 569 g/mol. The molecule has 0 N–H and O–H groups in total. The van der Waals surface area contributed by atoms with E-state index in [4.69, 9.17) is 13.9 Å². The van der Waals surface area contributed by atoms with Crippen LogP contribution in [0.2, 0.25) is 16.6 Å². The molecule has 224 valence electrons. The Bertz CT molecular complexity index is 1030. The number of carbonyl (C=O) groups is 1. The van der Waals surface area contributed by atoms with Gasteiger partial charge in [0.15, 0.2) is 0 Å². The molecular weight excluding hydrogens is 514 g/mol. The van der Waals surface area contributed by atoms with E-state index in [1.54, 1.807) is 4.90 Å². The molecule has 1 heterocycles. The molecule has 0 saturated carbocycles. The number of hydrogen-bond donors (Lipinski definition) is 0. The van der Waals surface area contributed by atoms with Crippen molar-refractivity contribution in [2.45, 2.75) is 124 Å². The largest absolute Gasteiger partial charge is 0.546 e. The maximum atomic E-state index is 13.3. The second-order valence-corrected chi connectivity index (χ2v) is 19.3. The van der Waals surface area contributed by atoms with E-state index in [-0.39, 0.29) is 17.4 Å². The van der Waals surface area contributed by atoms with Crippen LogP contribution in [0.4, 0.5) is 4.79 Å². The third-order valence-corrected chi connectivity index (χ3v) is 15.4. The van der Waals surface area contributed by atoms with Gasteiger partial charge in [0.1, 0.15) is 5.60 Å². The van der Waals surface area contributed by atoms with E-state index >= 15 is 0 Å². The number of rotatable bonds is 9. The summed E-state index contributed by atoms with van der Waals surface area (Å²) in [6.45, 7) is 28.4. The second-order valence-electron chi connectivity index (χ2n) is 13.9. The van der Waals surface area contributed by atoms with Crippen molar-refractivity contribution in [2.75, 3.05) is 13.2 Å². The smallest absolute Gasteiger partial charge is 0.414 e. The van der Waals surface area contributed by atoms with E-state index in [0.717, 1.165) is 42.7 Å². The summed E-state index contributed by atoms with van der Waals surface area (Å²) < 4.78 is 19.6. The van der Waals surface area contributed by atoms with Crippen molar-refractivity contribution in [3.63, 3.8) is 0 Å². The van der Waals surface area contributed by atoms with Gasteiger partial charge in [-0.1, -0.05) is 78.5 Å². The van der Waals surface area contributed by atoms with Gasteiger partial charge in [0.2, 0.25) is 0 Å². The molecule has 0 bridgehead atoms. The average Bonchev–Trinajstić information content (AvgIpc) is 2.86. The highest BCUT2D eigenvalue weighted by molar-refractivity contribution is 6.77. The topological polar surface area (TPSA) is 48.0 Å². The summed E-state index contributed by atoms with van der Waals surface area (Å²) in [4.78, 5) is 15.1. The van der Waals surface area contributed by atoms with Crippen molar-refractivity contribution in [3.8, 4) is 0 Å². The van der Waals surface area contributed by atoms with Gasteiger partial charge in [0, 0.05) is 30.0 Å². The predicted octanol–water partition coefficient (Wildman–Crippen LogP) is 9.61. The quantitative estimate of drug-likeness (QED) is 0.278. The molecule has 1 amide bonds. The Morgan fingerprint density at radius 2 is 1.65 bits per heavy atom. The van der Waals surface area contributed by atoms with Crippen LogP contribution < -0.4 is 0 Å². The Morgan fingerprint density at radius 1 is 1.05 bits per heavy atom. The van der Waals surface area contributed by atoms with E-state index < -0.39 is 13.9 Å². The average molecular weight is 570 g/mol. The van der Waals surface area contributed by atoms with Crippen LogP contribution in [0.1, 0.15) is 100 Å². The molecule has 0 radical (unpaired) electrons. The normalized spacial score (nSPS) is 22.6. The van der Waals surface area contributed by atoms with E-state index in [0.29, 0.717) is 36.4 Å². The molecule has 0 unspecified atom stereocenters. The minimum absolute atomic E-state index is 0.0795. The third-order valence-electron chi connectivity index (χ3n) is 9.35. The molecule has 1 aromatic carbocycles. The summed E-state index contributed by atoms with van der Waals surface area (Å²) in [5, 5.41) is 0. The summed E-state index contributed by atoms with van der Waals surface area (Å²) in [6, 6.07) is 10.3. The van der Waals surface area contributed by atoms with Crippen molar-refractivity contribution in [3.05, 3.63) is 59.5 Å². The van der Waals surface area contributed by atoms with Gasteiger partial charge in [-0.05, 0) is 74.7 Å². The number of amides is 1. The van der Waals surface area contributed by atoms with Crippen molar-refractivity contribution in [1.29, 1.82) is 0 Å². The molecule has 5 nitrogen and oxygen atoms in total. The third kappa shape index (κ3) is 6.70. The standard InChI is InChI=1S/C34H55NO4Si/c1-24(2)40(25(3)4,26(5)6)39-31-18-20-34(19-15-21-35(28(34)8)32(36)38-33(9,10)11)30(27(31)7)23-37-22-29-16-13-12-14-17-29/h12-14,16-17,24-26,30H,8,15,18-23H2,1-7,9-11H3/t30-,34-/m1/s1. The molecule has 1 aliphatic carbocycles. The van der Waals surface area contributed by atoms with Crippen LogP contribution in [-0.2, 0) is 20.5 Å². The molecule has 1 aromatic rings. The maximum absolute atomic E-state index is 13.3. The Hall–Kier alpha value is -2.05. The Balaban J connectivity index is 2.00. The summed E-state index contributed by atoms with van der Waals surface area (Å²) in [5.41, 5.74) is 4.00. The van der Waals surface area contributed by atoms with Crippen LogP contribution in [0.3, 0.4) is 0 Å². The van der Waals surface area contributed by atoms with Crippen molar-refractivity contribution < 1.29 is 18.7 Å². The number of hydrogen-bond acceptors (Lipinski definition) is 4. The lowest BCUT2D eigenvalue weighted by molar-refractivity contribution is -0.00655. The van der Waals surface area contributed by atoms with Gasteiger partial charge < -0.3 is 13.9 Å². The van der Waals surface area contributed by atoms with E-state index in [2.05, 4.69) is 67.2 Å². The minimum atomic E-state index is -2.11. The van der Waals surface area contributed by atoms with Gasteiger partial charge in [0.25, 0.3) is 8.32 Å². The minimum Gasteiger partial charge on any atom is -0.546 e. The predicted molar refractivity (Wildman–Crippen MR) is 167 cm³/mol. The number of likely N-dealkylation sites (tertiary alicyclic amines) is 1. The summed E-state index contributed by atoms with van der Waals surface area (Å²) in [6.07, 6.45) is 3.37. The highest BCUT2D eigenvalue weighted by Gasteiger charge is 2.53. The number of piperidine rings is 1. The fourth-order valence-corrected chi connectivity index (χ4v) is 12.8. The zero-order chi connectivity index (χ0) is 29.9. The zero-order valence-electron chi connectivity index (χ0n) is 26.9. The number of nitrogens with zero attached hydrogens (tertiary/aromatic N) is 1. The molecule has 6 heteroatoms. The van der Waals surface area contributed by atoms with Gasteiger partial charge in [-0.3, -0.25) is 4.90 Å². The zero-order valence-corrected chi connectivity index (χ0v) is 27.9. The number of ether oxygens (including phenoxy) is 2. The first-order chi connectivity index (χ1) is 18.7. The van der Waals surface area contributed by atoms with Crippen molar-refractivity contribution >= 4 is 14.4 Å². The molecule has 1 fully saturated rings. The summed E-state index contributed by atoms with van der Waals surface area (Å²) >= 11 is 0. The first-order valence-corrected chi connectivity index (χ1v) is 17.5. The van der Waals surface area contributed by atoms with Crippen LogP contribution >= 0.6 is 0 Å². The molecule has 0 aromatic heterocycles. The molecular formula is C34H55NO4Si. The lowest BCUT2D eigenvalue weighted by atomic mass is 9.60. The Kier molecular flexibility index (Phi) is 10.4. The van der Waals surface area contributed by atoms with Gasteiger partial charge in [-0.25, -0.2) is 4.79 Å². The number of carbonyl (C=O) groups excluding carboxylic acids is 1. The molecule has 2 atom stereocenters. The molecule has 1 spiro atoms. The highest BCUT2D eigenvalue weighted by Crippen LogP contribution is 2.56. The van der Waals surface area contributed by atoms with Crippen LogP contribution in [0.5, 0.6) is 0 Å². The van der Waals surface area contributed by atoms with Gasteiger partial charge in [-0.2, -0.15) is 0 Å². The molecule has 2 aliphatic rings. The highest BCUT2D eigenvalue weighted by atomic mass is 28.4. The van der Waals surface area contributed by atoms with Gasteiger partial charge >= 0.3 is 6.09 Å². The molecule has 1 saturated heterocycles. The lowest BCUT2D eigenvalue weighted by Gasteiger charge is -2.53. The fraction of sp³-hybridized carbons (Fsp3) is 0.676. The van der Waals surface area contributed by atoms with Crippen molar-refractivity contribution in [2.24, 2.45) is 11.3 Å². The first kappa shape index (κ1) is 32.5. The number of allylic oxidation sites excluding steroid dienone is 2.